The molecule has 2 aromatic heterocycles. The monoisotopic (exact) mass is 411 g/mol. The van der Waals surface area contributed by atoms with Crippen LogP contribution in [0.5, 0.6) is 0 Å². The smallest absolute Gasteiger partial charge is 0.244 e. The number of para-hydroxylation sites is 1. The average molecular weight is 412 g/mol. The third-order valence-corrected chi connectivity index (χ3v) is 5.79. The molecule has 1 fully saturated rings. The number of nitrogens with one attached hydrogen (secondary N) is 1. The van der Waals surface area contributed by atoms with Gasteiger partial charge < -0.3 is 14.8 Å². The third-order valence-electron chi connectivity index (χ3n) is 5.79. The van der Waals surface area contributed by atoms with Crippen molar-refractivity contribution in [2.75, 3.05) is 23.3 Å². The third kappa shape index (κ3) is 4.28. The second kappa shape index (κ2) is 8.60. The molecule has 5 rings (SSSR count). The van der Waals surface area contributed by atoms with Crippen LogP contribution in [0.4, 0.5) is 11.5 Å². The predicted molar refractivity (Wildman–Crippen MR) is 124 cm³/mol. The van der Waals surface area contributed by atoms with Crippen molar-refractivity contribution in [3.63, 3.8) is 0 Å². The number of aromatic nitrogens is 3. The summed E-state index contributed by atoms with van der Waals surface area (Å²) in [6.45, 7) is 2.39. The van der Waals surface area contributed by atoms with Crippen LogP contribution in [-0.2, 0) is 11.3 Å². The quantitative estimate of drug-likeness (QED) is 0.516. The molecule has 31 heavy (non-hydrogen) atoms. The van der Waals surface area contributed by atoms with Crippen LogP contribution >= 0.6 is 0 Å². The molecule has 0 unspecified atom stereocenters. The van der Waals surface area contributed by atoms with E-state index in [0.29, 0.717) is 0 Å². The number of amides is 1. The summed E-state index contributed by atoms with van der Waals surface area (Å²) < 4.78 is 1.96. The summed E-state index contributed by atoms with van der Waals surface area (Å²) in [6, 6.07) is 21.9. The first-order chi connectivity index (χ1) is 15.3. The van der Waals surface area contributed by atoms with E-state index < -0.39 is 0 Å². The van der Waals surface area contributed by atoms with Gasteiger partial charge >= 0.3 is 0 Å². The summed E-state index contributed by atoms with van der Waals surface area (Å²) in [5.74, 6) is 0.893. The Morgan fingerprint density at radius 2 is 1.68 bits per heavy atom. The number of hydrogen-bond acceptors (Lipinski definition) is 4. The molecule has 0 spiro atoms. The van der Waals surface area contributed by atoms with Gasteiger partial charge in [-0.3, -0.25) is 4.79 Å². The number of hydrogen-bond donors (Lipinski definition) is 1. The Morgan fingerprint density at radius 1 is 0.871 bits per heavy atom. The molecule has 1 N–H and O–H groups in total. The molecule has 0 atom stereocenters. The minimum absolute atomic E-state index is 0.0558. The number of fused-ring (bicyclic) bond motifs is 1. The molecule has 0 aliphatic carbocycles. The summed E-state index contributed by atoms with van der Waals surface area (Å²) in [7, 11) is 0. The van der Waals surface area contributed by atoms with Crippen molar-refractivity contribution in [3.8, 4) is 11.3 Å². The van der Waals surface area contributed by atoms with E-state index in [1.54, 1.807) is 0 Å². The van der Waals surface area contributed by atoms with Gasteiger partial charge in [-0.2, -0.15) is 0 Å². The zero-order valence-electron chi connectivity index (χ0n) is 17.4. The Morgan fingerprint density at radius 3 is 2.45 bits per heavy atom. The Balaban J connectivity index is 1.23. The highest BCUT2D eigenvalue weighted by molar-refractivity contribution is 5.92. The molecule has 3 heterocycles. The van der Waals surface area contributed by atoms with E-state index in [9.17, 15) is 4.79 Å². The SMILES string of the molecule is O=C(Cn1ccc2ccccc21)Nc1ccc(-c2ccc(N3CCCCC3)nn2)cc1. The summed E-state index contributed by atoms with van der Waals surface area (Å²) in [6.07, 6.45) is 5.68. The van der Waals surface area contributed by atoms with E-state index in [4.69, 9.17) is 0 Å². The van der Waals surface area contributed by atoms with Crippen molar-refractivity contribution in [1.29, 1.82) is 0 Å². The van der Waals surface area contributed by atoms with E-state index in [2.05, 4.69) is 20.4 Å². The van der Waals surface area contributed by atoms with Crippen LogP contribution in [0, 0.1) is 0 Å². The fourth-order valence-electron chi connectivity index (χ4n) is 4.13. The van der Waals surface area contributed by atoms with Gasteiger partial charge in [0.25, 0.3) is 0 Å². The number of anilines is 2. The van der Waals surface area contributed by atoms with Crippen molar-refractivity contribution < 1.29 is 4.79 Å². The van der Waals surface area contributed by atoms with Crippen LogP contribution < -0.4 is 10.2 Å². The van der Waals surface area contributed by atoms with Gasteiger partial charge in [0, 0.05) is 36.1 Å². The van der Waals surface area contributed by atoms with Gasteiger partial charge in [-0.25, -0.2) is 0 Å². The van der Waals surface area contributed by atoms with Gasteiger partial charge in [-0.1, -0.05) is 30.3 Å². The average Bonchev–Trinajstić information content (AvgIpc) is 3.23. The summed E-state index contributed by atoms with van der Waals surface area (Å²) in [5, 5.41) is 12.9. The first kappa shape index (κ1) is 19.3. The first-order valence-electron chi connectivity index (χ1n) is 10.8. The summed E-state index contributed by atoms with van der Waals surface area (Å²) in [5.41, 5.74) is 3.63. The Hall–Kier alpha value is -3.67. The molecular formula is C25H25N5O. The molecule has 6 nitrogen and oxygen atoms in total. The maximum Gasteiger partial charge on any atom is 0.244 e. The molecule has 156 valence electrons. The van der Waals surface area contributed by atoms with Gasteiger partial charge in [-0.15, -0.1) is 10.2 Å². The van der Waals surface area contributed by atoms with Crippen LogP contribution in [0.3, 0.4) is 0 Å². The second-order valence-corrected chi connectivity index (χ2v) is 7.95. The lowest BCUT2D eigenvalue weighted by molar-refractivity contribution is -0.116. The maximum absolute atomic E-state index is 12.5. The normalized spacial score (nSPS) is 14.0. The minimum atomic E-state index is -0.0558. The highest BCUT2D eigenvalue weighted by atomic mass is 16.1. The molecule has 0 radical (unpaired) electrons. The molecule has 6 heteroatoms. The molecule has 4 aromatic rings. The van der Waals surface area contributed by atoms with Gasteiger partial charge in [0.05, 0.1) is 5.69 Å². The zero-order valence-corrected chi connectivity index (χ0v) is 17.4. The topological polar surface area (TPSA) is 63.1 Å². The van der Waals surface area contributed by atoms with Crippen molar-refractivity contribution in [2.24, 2.45) is 0 Å². The van der Waals surface area contributed by atoms with Crippen molar-refractivity contribution in [3.05, 3.63) is 72.9 Å². The van der Waals surface area contributed by atoms with Crippen LogP contribution in [0.25, 0.3) is 22.2 Å². The zero-order chi connectivity index (χ0) is 21.0. The first-order valence-corrected chi connectivity index (χ1v) is 10.8. The Kier molecular flexibility index (Phi) is 5.35. The Bertz CT molecular complexity index is 1170. The number of piperidine rings is 1. The van der Waals surface area contributed by atoms with E-state index in [1.807, 2.05) is 77.5 Å². The van der Waals surface area contributed by atoms with Gasteiger partial charge in [0.1, 0.15) is 6.54 Å². The lowest BCUT2D eigenvalue weighted by atomic mass is 10.1. The van der Waals surface area contributed by atoms with Gasteiger partial charge in [-0.05, 0) is 61.0 Å². The lowest BCUT2D eigenvalue weighted by Gasteiger charge is -2.27. The van der Waals surface area contributed by atoms with Crippen LogP contribution in [0.2, 0.25) is 0 Å². The molecule has 1 aliphatic rings. The fourth-order valence-corrected chi connectivity index (χ4v) is 4.13. The number of carbonyl (C=O) groups is 1. The van der Waals surface area contributed by atoms with E-state index in [-0.39, 0.29) is 12.5 Å². The largest absolute Gasteiger partial charge is 0.355 e. The number of carbonyl (C=O) groups excluding carboxylic acids is 1. The van der Waals surface area contributed by atoms with E-state index in [0.717, 1.165) is 46.8 Å². The lowest BCUT2D eigenvalue weighted by Crippen LogP contribution is -2.30. The fraction of sp³-hybridized carbons (Fsp3) is 0.240. The van der Waals surface area contributed by atoms with Gasteiger partial charge in [0.15, 0.2) is 5.82 Å². The Labute approximate surface area is 181 Å². The molecule has 1 amide bonds. The molecule has 0 saturated carbocycles. The van der Waals surface area contributed by atoms with Crippen LogP contribution in [-0.4, -0.2) is 33.8 Å². The minimum Gasteiger partial charge on any atom is -0.355 e. The highest BCUT2D eigenvalue weighted by Crippen LogP contribution is 2.22. The number of nitrogens with zero attached hydrogens (tertiary/aromatic N) is 4. The molecule has 0 bridgehead atoms. The number of rotatable bonds is 5. The summed E-state index contributed by atoms with van der Waals surface area (Å²) >= 11 is 0. The summed E-state index contributed by atoms with van der Waals surface area (Å²) in [4.78, 5) is 14.8. The van der Waals surface area contributed by atoms with Crippen molar-refractivity contribution in [1.82, 2.24) is 14.8 Å². The van der Waals surface area contributed by atoms with Crippen LogP contribution in [0.15, 0.2) is 72.9 Å². The van der Waals surface area contributed by atoms with Gasteiger partial charge in [0.2, 0.25) is 5.91 Å². The maximum atomic E-state index is 12.5. The van der Waals surface area contributed by atoms with E-state index in [1.165, 1.54) is 19.3 Å². The van der Waals surface area contributed by atoms with Crippen LogP contribution in [0.1, 0.15) is 19.3 Å². The van der Waals surface area contributed by atoms with E-state index >= 15 is 0 Å². The van der Waals surface area contributed by atoms with Crippen molar-refractivity contribution >= 4 is 28.3 Å². The highest BCUT2D eigenvalue weighted by Gasteiger charge is 2.13. The standard InChI is InChI=1S/C25H25N5O/c31-25(18-30-17-14-20-6-2-3-7-23(20)30)26-21-10-8-19(9-11-21)22-12-13-24(28-27-22)29-15-4-1-5-16-29/h2-3,6-14,17H,1,4-5,15-16,18H2,(H,26,31). The molecular weight excluding hydrogens is 386 g/mol. The molecule has 2 aromatic carbocycles. The number of benzene rings is 2. The molecule has 1 aliphatic heterocycles. The van der Waals surface area contributed by atoms with Crippen molar-refractivity contribution in [2.45, 2.75) is 25.8 Å². The second-order valence-electron chi connectivity index (χ2n) is 7.95. The molecule has 1 saturated heterocycles. The predicted octanol–water partition coefficient (Wildman–Crippen LogP) is 4.73.